The number of unbranched alkanes of at least 4 members (excludes halogenated alkanes) is 15. The van der Waals surface area contributed by atoms with Gasteiger partial charge in [-0.2, -0.15) is 0 Å². The first-order valence-electron chi connectivity index (χ1n) is 22.5. The molecule has 0 aromatic heterocycles. The molecule has 0 aromatic rings. The topological polar surface area (TPSA) is 221 Å². The molecule has 0 bridgehead atoms. The van der Waals surface area contributed by atoms with E-state index in [1.807, 2.05) is 21.1 Å². The molecule has 1 aliphatic heterocycles. The van der Waals surface area contributed by atoms with Gasteiger partial charge < -0.3 is 39.1 Å². The minimum Gasteiger partial charge on any atom is -0.854 e. The lowest BCUT2D eigenvalue weighted by atomic mass is 10.0. The van der Waals surface area contributed by atoms with Crippen molar-refractivity contribution in [2.45, 2.75) is 109 Å². The highest BCUT2D eigenvalue weighted by atomic mass is 31.2. The number of quaternary nitrogens is 1. The van der Waals surface area contributed by atoms with Crippen LogP contribution >= 0.6 is 7.60 Å². The van der Waals surface area contributed by atoms with Gasteiger partial charge in [0.25, 0.3) is 0 Å². The molecule has 1 rings (SSSR count). The first-order valence-corrected chi connectivity index (χ1v) is 24.3. The number of carboxylic acid groups (broad SMARTS) is 4. The lowest BCUT2D eigenvalue weighted by Crippen LogP contribution is -2.47. The van der Waals surface area contributed by atoms with Gasteiger partial charge in [-0.1, -0.05) is 96.3 Å². The summed E-state index contributed by atoms with van der Waals surface area (Å²) in [5.41, 5.74) is 0. The summed E-state index contributed by atoms with van der Waals surface area (Å²) in [6, 6.07) is 0. The number of carboxylic acids is 4. The molecule has 1 fully saturated rings. The van der Waals surface area contributed by atoms with Crippen LogP contribution < -0.4 is 5.11 Å². The summed E-state index contributed by atoms with van der Waals surface area (Å²) in [4.78, 5) is 54.2. The third kappa shape index (κ3) is 32.5. The fraction of sp³-hybridized carbons (Fsp3) is 0.905. The lowest BCUT2D eigenvalue weighted by molar-refractivity contribution is -0.870. The molecule has 0 amide bonds. The number of nitrogens with zero attached hydrogens (tertiary/aromatic N) is 5. The quantitative estimate of drug-likeness (QED) is 0.0414. The average Bonchev–Trinajstić information content (AvgIpc) is 3.13. The summed E-state index contributed by atoms with van der Waals surface area (Å²) in [6.07, 6.45) is 18.5. The predicted octanol–water partition coefficient (Wildman–Crippen LogP) is 4.09. The molecule has 0 saturated carbocycles. The molecule has 1 atom stereocenters. The summed E-state index contributed by atoms with van der Waals surface area (Å²) in [5.74, 6) is -4.82. The number of carbonyl (C=O) groups is 4. The zero-order chi connectivity index (χ0) is 44.7. The molecule has 0 spiro atoms. The summed E-state index contributed by atoms with van der Waals surface area (Å²) < 4.78 is 27.4. The fourth-order valence-corrected chi connectivity index (χ4v) is 9.47. The molecule has 0 radical (unpaired) electrons. The van der Waals surface area contributed by atoms with E-state index < -0.39 is 37.4 Å². The zero-order valence-corrected chi connectivity index (χ0v) is 38.3. The highest BCUT2D eigenvalue weighted by molar-refractivity contribution is 7.53. The normalized spacial score (nSPS) is 17.6. The van der Waals surface area contributed by atoms with Crippen LogP contribution in [-0.4, -0.2) is 201 Å². The Balaban J connectivity index is 3.00. The largest absolute Gasteiger partial charge is 0.854 e. The molecular weight excluding hydrogens is 797 g/mol. The first kappa shape index (κ1) is 55.8. The second kappa shape index (κ2) is 33.4. The van der Waals surface area contributed by atoms with Gasteiger partial charge in [-0.25, -0.2) is 0 Å². The van der Waals surface area contributed by atoms with Crippen molar-refractivity contribution in [3.63, 3.8) is 0 Å². The van der Waals surface area contributed by atoms with Crippen LogP contribution in [0.2, 0.25) is 0 Å². The van der Waals surface area contributed by atoms with Gasteiger partial charge in [-0.3, -0.25) is 43.3 Å². The van der Waals surface area contributed by atoms with Gasteiger partial charge in [0.2, 0.25) is 0 Å². The van der Waals surface area contributed by atoms with E-state index >= 15 is 0 Å². The van der Waals surface area contributed by atoms with Gasteiger partial charge in [0.15, 0.2) is 0 Å². The van der Waals surface area contributed by atoms with Crippen molar-refractivity contribution in [2.24, 2.45) is 5.92 Å². The number of hydrogen-bond donors (Lipinski definition) is 4. The summed E-state index contributed by atoms with van der Waals surface area (Å²) in [6.45, 7) is 1.44. The van der Waals surface area contributed by atoms with E-state index in [1.165, 1.54) is 64.2 Å². The van der Waals surface area contributed by atoms with Crippen LogP contribution in [0, 0.1) is 5.92 Å². The van der Waals surface area contributed by atoms with Crippen LogP contribution in [0.15, 0.2) is 0 Å². The number of rotatable bonds is 33. The lowest BCUT2D eigenvalue weighted by Gasteiger charge is -2.35. The monoisotopic (exact) mass is 880 g/mol. The summed E-state index contributed by atoms with van der Waals surface area (Å²) >= 11 is 0. The van der Waals surface area contributed by atoms with Crippen molar-refractivity contribution in [1.82, 2.24) is 19.6 Å². The van der Waals surface area contributed by atoms with Crippen LogP contribution in [0.4, 0.5) is 0 Å². The Morgan fingerprint density at radius 2 is 0.867 bits per heavy atom. The van der Waals surface area contributed by atoms with Gasteiger partial charge in [-0.15, -0.1) is 6.61 Å². The summed E-state index contributed by atoms with van der Waals surface area (Å²) in [7, 11) is 2.19. The molecule has 1 aliphatic rings. The minimum atomic E-state index is -3.79. The van der Waals surface area contributed by atoms with Gasteiger partial charge in [-0.05, 0) is 18.8 Å². The van der Waals surface area contributed by atoms with Crippen molar-refractivity contribution < 1.29 is 62.8 Å². The maximum Gasteiger partial charge on any atom is 0.331 e. The SMILES string of the molecule is C[N+](C)(C)CCOP(=O)(CC1CN(CC(=O)O)CCN(CC(=O)O)CCCN(CC(=O)O)CCN(CC(=O)O)C1)OCCCCCCCCCCCCCCCCCC[O-]. The van der Waals surface area contributed by atoms with E-state index in [9.17, 15) is 49.3 Å². The Hall–Kier alpha value is -2.21. The summed E-state index contributed by atoms with van der Waals surface area (Å²) in [5, 5.41) is 49.4. The van der Waals surface area contributed by atoms with E-state index in [-0.39, 0.29) is 91.4 Å². The van der Waals surface area contributed by atoms with Crippen LogP contribution in [0.5, 0.6) is 0 Å². The number of likely N-dealkylation sites (N-methyl/N-ethyl adjacent to an activating group) is 1. The zero-order valence-electron chi connectivity index (χ0n) is 37.4. The molecule has 1 unspecified atom stereocenters. The number of hydrogen-bond acceptors (Lipinski definition) is 12. The highest BCUT2D eigenvalue weighted by Crippen LogP contribution is 2.50. The van der Waals surface area contributed by atoms with E-state index in [0.717, 1.165) is 32.1 Å². The first-order chi connectivity index (χ1) is 28.5. The smallest absolute Gasteiger partial charge is 0.331 e. The van der Waals surface area contributed by atoms with Gasteiger partial charge in [0, 0.05) is 52.4 Å². The van der Waals surface area contributed by atoms with Crippen LogP contribution in [-0.2, 0) is 32.8 Å². The van der Waals surface area contributed by atoms with Crippen molar-refractivity contribution >= 4 is 31.5 Å². The fourth-order valence-electron chi connectivity index (χ4n) is 7.56. The predicted molar refractivity (Wildman–Crippen MR) is 230 cm³/mol. The Labute approximate surface area is 360 Å². The van der Waals surface area contributed by atoms with Crippen molar-refractivity contribution in [3.05, 3.63) is 0 Å². The molecule has 4 N–H and O–H groups in total. The Kier molecular flexibility index (Phi) is 31.0. The molecule has 1 saturated heterocycles. The maximum absolute atomic E-state index is 14.6. The molecule has 0 aromatic carbocycles. The van der Waals surface area contributed by atoms with Crippen LogP contribution in [0.3, 0.4) is 0 Å². The minimum absolute atomic E-state index is 0.0485. The van der Waals surface area contributed by atoms with E-state index in [1.54, 1.807) is 19.6 Å². The molecule has 1 heterocycles. The van der Waals surface area contributed by atoms with E-state index in [4.69, 9.17) is 9.05 Å². The van der Waals surface area contributed by atoms with Gasteiger partial charge >= 0.3 is 31.5 Å². The molecule has 0 aliphatic carbocycles. The van der Waals surface area contributed by atoms with Crippen molar-refractivity contribution in [2.75, 3.05) is 132 Å². The third-order valence-corrected chi connectivity index (χ3v) is 12.9. The molecular formula is C42H82N5O12P. The van der Waals surface area contributed by atoms with Crippen LogP contribution in [0.25, 0.3) is 0 Å². The Morgan fingerprint density at radius 3 is 1.23 bits per heavy atom. The molecule has 60 heavy (non-hydrogen) atoms. The second-order valence-corrected chi connectivity index (χ2v) is 19.8. The van der Waals surface area contributed by atoms with E-state index in [2.05, 4.69) is 0 Å². The van der Waals surface area contributed by atoms with Gasteiger partial charge in [0.1, 0.15) is 13.2 Å². The second-order valence-electron chi connectivity index (χ2n) is 17.7. The van der Waals surface area contributed by atoms with Gasteiger partial charge in [0.05, 0.1) is 60.1 Å². The number of aliphatic carboxylic acids is 4. The molecule has 18 heteroatoms. The highest BCUT2D eigenvalue weighted by Gasteiger charge is 2.33. The van der Waals surface area contributed by atoms with Crippen molar-refractivity contribution in [3.8, 4) is 0 Å². The Morgan fingerprint density at radius 1 is 0.533 bits per heavy atom. The Bertz CT molecular complexity index is 1180. The van der Waals surface area contributed by atoms with Crippen molar-refractivity contribution in [1.29, 1.82) is 0 Å². The van der Waals surface area contributed by atoms with E-state index in [0.29, 0.717) is 37.0 Å². The van der Waals surface area contributed by atoms with Crippen LogP contribution in [0.1, 0.15) is 109 Å². The standard InChI is InChI=1S/C42H82N5O12P/c1-47(2,3)27-30-59-60(57,58-29-19-17-15-13-11-9-7-5-4-6-8-10-12-14-16-18-28-48)37-38-31-45(35-41(53)54)25-23-43(33-39(49)50)21-20-22-44(34-40(51)52)24-26-46(32-38)36-42(55)56/h38H,4-37H2,1-3H3,(H,49,50)(H,51,52)(H,53,54)(H,55,56). The average molecular weight is 880 g/mol. The molecule has 17 nitrogen and oxygen atoms in total. The molecule has 352 valence electrons. The maximum atomic E-state index is 14.6. The third-order valence-electron chi connectivity index (χ3n) is 10.7.